The van der Waals surface area contributed by atoms with Gasteiger partial charge in [-0.1, -0.05) is 24.3 Å². The lowest BCUT2D eigenvalue weighted by Gasteiger charge is -2.21. The highest BCUT2D eigenvalue weighted by molar-refractivity contribution is 5.85. The van der Waals surface area contributed by atoms with E-state index in [1.165, 1.54) is 12.1 Å². The number of aryl methyl sites for hydroxylation is 1. The molecule has 3 aromatic rings. The molecule has 0 spiro atoms. The normalized spacial score (nSPS) is 12.5. The number of hydrazine groups is 1. The zero-order valence-electron chi connectivity index (χ0n) is 11.7. The fraction of sp³-hybridized carbons (Fsp3) is 0.118. The molecule has 0 aliphatic carbocycles. The van der Waals surface area contributed by atoms with E-state index in [9.17, 15) is 4.39 Å². The van der Waals surface area contributed by atoms with Gasteiger partial charge in [-0.05, 0) is 47.2 Å². The molecule has 0 amide bonds. The summed E-state index contributed by atoms with van der Waals surface area (Å²) in [5.74, 6) is 5.49. The van der Waals surface area contributed by atoms with Gasteiger partial charge in [0.25, 0.3) is 0 Å². The number of hydrogen-bond donors (Lipinski definition) is 2. The third kappa shape index (κ3) is 2.51. The third-order valence-corrected chi connectivity index (χ3v) is 3.74. The highest BCUT2D eigenvalue weighted by Crippen LogP contribution is 2.30. The lowest BCUT2D eigenvalue weighted by atomic mass is 9.92. The van der Waals surface area contributed by atoms with E-state index < -0.39 is 0 Å². The molecule has 0 radical (unpaired) electrons. The zero-order chi connectivity index (χ0) is 14.8. The van der Waals surface area contributed by atoms with Crippen molar-refractivity contribution in [3.8, 4) is 0 Å². The number of fused-ring (bicyclic) bond motifs is 1. The summed E-state index contributed by atoms with van der Waals surface area (Å²) in [4.78, 5) is 4.13. The van der Waals surface area contributed by atoms with Crippen molar-refractivity contribution in [3.63, 3.8) is 0 Å². The molecule has 1 heterocycles. The molecular weight excluding hydrogens is 265 g/mol. The topological polar surface area (TPSA) is 50.9 Å². The van der Waals surface area contributed by atoms with E-state index in [-0.39, 0.29) is 11.9 Å². The molecule has 0 saturated heterocycles. The van der Waals surface area contributed by atoms with Gasteiger partial charge in [-0.25, -0.2) is 9.82 Å². The maximum absolute atomic E-state index is 13.6. The second-order valence-electron chi connectivity index (χ2n) is 5.04. The SMILES string of the molecule is Cc1ccc(F)cc1C(NN)c1cccc2cnccc12. The van der Waals surface area contributed by atoms with E-state index in [0.29, 0.717) is 0 Å². The summed E-state index contributed by atoms with van der Waals surface area (Å²) in [6.07, 6.45) is 3.56. The molecule has 0 fully saturated rings. The number of rotatable bonds is 3. The van der Waals surface area contributed by atoms with Crippen LogP contribution in [0.3, 0.4) is 0 Å². The third-order valence-electron chi connectivity index (χ3n) is 3.74. The minimum Gasteiger partial charge on any atom is -0.271 e. The minimum absolute atomic E-state index is 0.266. The van der Waals surface area contributed by atoms with Gasteiger partial charge in [0.1, 0.15) is 5.82 Å². The van der Waals surface area contributed by atoms with Gasteiger partial charge in [-0.15, -0.1) is 0 Å². The van der Waals surface area contributed by atoms with Crippen molar-refractivity contribution in [2.75, 3.05) is 0 Å². The number of nitrogens with one attached hydrogen (secondary N) is 1. The minimum atomic E-state index is -0.271. The Hall–Kier alpha value is -2.30. The first kappa shape index (κ1) is 13.7. The second kappa shape index (κ2) is 5.60. The van der Waals surface area contributed by atoms with Crippen molar-refractivity contribution in [1.82, 2.24) is 10.4 Å². The van der Waals surface area contributed by atoms with Crippen LogP contribution in [0.2, 0.25) is 0 Å². The maximum Gasteiger partial charge on any atom is 0.123 e. The Labute approximate surface area is 122 Å². The lowest BCUT2D eigenvalue weighted by Crippen LogP contribution is -2.29. The molecule has 0 saturated carbocycles. The van der Waals surface area contributed by atoms with Crippen LogP contribution >= 0.6 is 0 Å². The lowest BCUT2D eigenvalue weighted by molar-refractivity contribution is 0.604. The molecule has 0 aliphatic heterocycles. The number of halogens is 1. The summed E-state index contributed by atoms with van der Waals surface area (Å²) in [6.45, 7) is 1.95. The first-order valence-electron chi connectivity index (χ1n) is 6.75. The predicted molar refractivity (Wildman–Crippen MR) is 82.0 cm³/mol. The summed E-state index contributed by atoms with van der Waals surface area (Å²) in [6, 6.07) is 12.4. The van der Waals surface area contributed by atoms with Crippen LogP contribution in [0.5, 0.6) is 0 Å². The molecule has 2 aromatic carbocycles. The Balaban J connectivity index is 2.21. The molecule has 3 N–H and O–H groups in total. The second-order valence-corrected chi connectivity index (χ2v) is 5.04. The molecule has 4 heteroatoms. The van der Waals surface area contributed by atoms with Crippen molar-refractivity contribution < 1.29 is 4.39 Å². The van der Waals surface area contributed by atoms with E-state index in [1.807, 2.05) is 37.4 Å². The number of nitrogens with two attached hydrogens (primary N) is 1. The van der Waals surface area contributed by atoms with E-state index in [4.69, 9.17) is 5.84 Å². The van der Waals surface area contributed by atoms with Crippen molar-refractivity contribution in [1.29, 1.82) is 0 Å². The van der Waals surface area contributed by atoms with Crippen LogP contribution in [-0.2, 0) is 0 Å². The largest absolute Gasteiger partial charge is 0.271 e. The van der Waals surface area contributed by atoms with E-state index in [1.54, 1.807) is 12.3 Å². The summed E-state index contributed by atoms with van der Waals surface area (Å²) in [7, 11) is 0. The summed E-state index contributed by atoms with van der Waals surface area (Å²) in [5, 5.41) is 2.09. The smallest absolute Gasteiger partial charge is 0.123 e. The number of pyridine rings is 1. The number of benzene rings is 2. The molecule has 1 aromatic heterocycles. The first-order valence-corrected chi connectivity index (χ1v) is 6.75. The van der Waals surface area contributed by atoms with Crippen LogP contribution in [0.4, 0.5) is 4.39 Å². The van der Waals surface area contributed by atoms with Crippen molar-refractivity contribution in [2.45, 2.75) is 13.0 Å². The molecule has 106 valence electrons. The van der Waals surface area contributed by atoms with Gasteiger partial charge in [0.05, 0.1) is 6.04 Å². The van der Waals surface area contributed by atoms with Crippen LogP contribution < -0.4 is 11.3 Å². The highest BCUT2D eigenvalue weighted by atomic mass is 19.1. The van der Waals surface area contributed by atoms with Crippen LogP contribution in [0.1, 0.15) is 22.7 Å². The summed E-state index contributed by atoms with van der Waals surface area (Å²) in [5.41, 5.74) is 5.64. The van der Waals surface area contributed by atoms with Gasteiger partial charge in [0.2, 0.25) is 0 Å². The van der Waals surface area contributed by atoms with Gasteiger partial charge < -0.3 is 0 Å². The van der Waals surface area contributed by atoms with E-state index in [0.717, 1.165) is 27.5 Å². The Morgan fingerprint density at radius 2 is 2.00 bits per heavy atom. The van der Waals surface area contributed by atoms with Gasteiger partial charge in [0, 0.05) is 17.8 Å². The maximum atomic E-state index is 13.6. The predicted octanol–water partition coefficient (Wildman–Crippen LogP) is 3.24. The Bertz CT molecular complexity index is 781. The fourth-order valence-corrected chi connectivity index (χ4v) is 2.67. The average Bonchev–Trinajstić information content (AvgIpc) is 2.51. The number of hydrogen-bond acceptors (Lipinski definition) is 3. The molecule has 1 atom stereocenters. The van der Waals surface area contributed by atoms with E-state index >= 15 is 0 Å². The molecular formula is C17H16FN3. The summed E-state index contributed by atoms with van der Waals surface area (Å²) < 4.78 is 13.6. The van der Waals surface area contributed by atoms with Gasteiger partial charge >= 0.3 is 0 Å². The quantitative estimate of drug-likeness (QED) is 0.572. The molecule has 3 nitrogen and oxygen atoms in total. The van der Waals surface area contributed by atoms with Crippen LogP contribution in [-0.4, -0.2) is 4.98 Å². The Kier molecular flexibility index (Phi) is 3.64. The monoisotopic (exact) mass is 281 g/mol. The van der Waals surface area contributed by atoms with E-state index in [2.05, 4.69) is 10.4 Å². The summed E-state index contributed by atoms with van der Waals surface area (Å²) >= 11 is 0. The molecule has 3 rings (SSSR count). The fourth-order valence-electron chi connectivity index (χ4n) is 2.67. The van der Waals surface area contributed by atoms with Crippen molar-refractivity contribution in [3.05, 3.63) is 77.4 Å². The zero-order valence-corrected chi connectivity index (χ0v) is 11.7. The van der Waals surface area contributed by atoms with Gasteiger partial charge in [0.15, 0.2) is 0 Å². The Morgan fingerprint density at radius 1 is 1.14 bits per heavy atom. The standard InChI is InChI=1S/C17H16FN3/c1-11-5-6-13(18)9-16(11)17(21-19)15-4-2-3-12-10-20-8-7-14(12)15/h2-10,17,21H,19H2,1H3. The molecule has 1 unspecified atom stereocenters. The average molecular weight is 281 g/mol. The van der Waals surface area contributed by atoms with Crippen LogP contribution in [0.15, 0.2) is 54.9 Å². The van der Waals surface area contributed by atoms with Crippen LogP contribution in [0, 0.1) is 12.7 Å². The van der Waals surface area contributed by atoms with Crippen LogP contribution in [0.25, 0.3) is 10.8 Å². The highest BCUT2D eigenvalue weighted by Gasteiger charge is 2.17. The van der Waals surface area contributed by atoms with Gasteiger partial charge in [-0.3, -0.25) is 10.8 Å². The van der Waals surface area contributed by atoms with Gasteiger partial charge in [-0.2, -0.15) is 0 Å². The Morgan fingerprint density at radius 3 is 2.81 bits per heavy atom. The van der Waals surface area contributed by atoms with Crippen molar-refractivity contribution >= 4 is 10.8 Å². The molecule has 0 aliphatic rings. The molecule has 21 heavy (non-hydrogen) atoms. The molecule has 0 bridgehead atoms. The first-order chi connectivity index (χ1) is 10.2. The number of aromatic nitrogens is 1. The van der Waals surface area contributed by atoms with Crippen molar-refractivity contribution in [2.24, 2.45) is 5.84 Å². The number of nitrogens with zero attached hydrogens (tertiary/aromatic N) is 1.